The van der Waals surface area contributed by atoms with Gasteiger partial charge in [-0.05, 0) is 32.1 Å². The summed E-state index contributed by atoms with van der Waals surface area (Å²) in [6, 6.07) is 3.28. The fourth-order valence-corrected chi connectivity index (χ4v) is 4.15. The lowest BCUT2D eigenvalue weighted by molar-refractivity contribution is -0.0586. The van der Waals surface area contributed by atoms with Crippen molar-refractivity contribution in [2.75, 3.05) is 13.1 Å². The van der Waals surface area contributed by atoms with Gasteiger partial charge in [-0.1, -0.05) is 32.1 Å². The first-order chi connectivity index (χ1) is 9.19. The van der Waals surface area contributed by atoms with Gasteiger partial charge in [-0.15, -0.1) is 0 Å². The van der Waals surface area contributed by atoms with E-state index in [2.05, 4.69) is 11.0 Å². The predicted molar refractivity (Wildman–Crippen MR) is 74.5 cm³/mol. The van der Waals surface area contributed by atoms with Crippen LogP contribution in [-0.2, 0) is 0 Å². The molecule has 0 spiro atoms. The number of aliphatic hydroxyl groups is 1. The summed E-state index contributed by atoms with van der Waals surface area (Å²) in [7, 11) is 0. The minimum atomic E-state index is -0.748. The molecule has 1 saturated heterocycles. The molecule has 1 aliphatic heterocycles. The fourth-order valence-electron chi connectivity index (χ4n) is 4.15. The number of rotatable bonds is 2. The number of β-amino-alcohol motifs (C(OH)–C–C–N with tert-alkyl or cyclic N) is 1. The molecule has 3 aliphatic rings. The second-order valence-corrected chi connectivity index (χ2v) is 6.94. The highest BCUT2D eigenvalue weighted by Gasteiger charge is 2.55. The molecule has 3 nitrogen and oxygen atoms in total. The highest BCUT2D eigenvalue weighted by atomic mass is 16.3. The van der Waals surface area contributed by atoms with Gasteiger partial charge in [0.05, 0.1) is 17.1 Å². The van der Waals surface area contributed by atoms with Crippen LogP contribution < -0.4 is 0 Å². The Morgan fingerprint density at radius 1 is 1.00 bits per heavy atom. The largest absolute Gasteiger partial charge is 0.387 e. The fraction of sp³-hybridized carbons (Fsp3) is 0.938. The molecule has 106 valence electrons. The Bertz CT molecular complexity index is 363. The Morgan fingerprint density at radius 3 is 2.21 bits per heavy atom. The summed E-state index contributed by atoms with van der Waals surface area (Å²) in [5, 5.41) is 21.0. The average Bonchev–Trinajstić information content (AvgIpc) is 3.14. The molecule has 1 N–H and O–H groups in total. The van der Waals surface area contributed by atoms with Gasteiger partial charge in [-0.2, -0.15) is 5.26 Å². The zero-order chi connectivity index (χ0) is 13.3. The first kappa shape index (κ1) is 13.4. The lowest BCUT2D eigenvalue weighted by atomic mass is 9.65. The van der Waals surface area contributed by atoms with Gasteiger partial charge < -0.3 is 5.11 Å². The van der Waals surface area contributed by atoms with Crippen molar-refractivity contribution in [2.45, 2.75) is 75.9 Å². The van der Waals surface area contributed by atoms with Crippen LogP contribution in [0.15, 0.2) is 0 Å². The summed E-state index contributed by atoms with van der Waals surface area (Å²) in [4.78, 5) is 2.43. The van der Waals surface area contributed by atoms with Crippen LogP contribution in [0.2, 0.25) is 0 Å². The molecule has 1 atom stereocenters. The van der Waals surface area contributed by atoms with Gasteiger partial charge in [0.15, 0.2) is 0 Å². The predicted octanol–water partition coefficient (Wildman–Crippen LogP) is 2.84. The van der Waals surface area contributed by atoms with Crippen LogP contribution in [0, 0.1) is 16.7 Å². The van der Waals surface area contributed by atoms with Gasteiger partial charge in [0, 0.05) is 19.1 Å². The van der Waals surface area contributed by atoms with Crippen LogP contribution in [-0.4, -0.2) is 34.7 Å². The summed E-state index contributed by atoms with van der Waals surface area (Å²) in [5.74, 6) is 0. The first-order valence-electron chi connectivity index (χ1n) is 8.07. The van der Waals surface area contributed by atoms with Crippen molar-refractivity contribution in [2.24, 2.45) is 5.41 Å². The molecule has 3 fully saturated rings. The van der Waals surface area contributed by atoms with Gasteiger partial charge in [0.25, 0.3) is 0 Å². The van der Waals surface area contributed by atoms with Crippen molar-refractivity contribution in [1.82, 2.24) is 4.90 Å². The maximum atomic E-state index is 11.2. The quantitative estimate of drug-likeness (QED) is 0.832. The molecule has 0 aromatic carbocycles. The summed E-state index contributed by atoms with van der Waals surface area (Å²) >= 11 is 0. The Kier molecular flexibility index (Phi) is 3.57. The topological polar surface area (TPSA) is 47.3 Å². The molecule has 0 amide bonds. The van der Waals surface area contributed by atoms with Gasteiger partial charge in [-0.25, -0.2) is 0 Å². The van der Waals surface area contributed by atoms with Crippen molar-refractivity contribution in [3.8, 4) is 6.07 Å². The Hall–Kier alpha value is -0.590. The van der Waals surface area contributed by atoms with E-state index < -0.39 is 11.0 Å². The standard InChI is InChI=1S/C16H26N2O/c17-12-15(8-4-2-1-3-5-9-15)16(19)10-11-18(13-16)14-6-7-14/h14,19H,1-11,13H2. The molecule has 0 aromatic heterocycles. The smallest absolute Gasteiger partial charge is 0.0971 e. The third-order valence-electron chi connectivity index (χ3n) is 5.65. The van der Waals surface area contributed by atoms with E-state index in [0.717, 1.165) is 45.2 Å². The molecule has 0 aromatic rings. The van der Waals surface area contributed by atoms with E-state index in [-0.39, 0.29) is 0 Å². The van der Waals surface area contributed by atoms with E-state index in [1.54, 1.807) is 0 Å². The molecule has 0 radical (unpaired) electrons. The SMILES string of the molecule is N#CC1(C2(O)CCN(C3CC3)C2)CCCCCCC1. The second kappa shape index (κ2) is 5.07. The van der Waals surface area contributed by atoms with Crippen molar-refractivity contribution in [1.29, 1.82) is 5.26 Å². The molecule has 0 bridgehead atoms. The van der Waals surface area contributed by atoms with Crippen LogP contribution in [0.3, 0.4) is 0 Å². The molecule has 2 aliphatic carbocycles. The zero-order valence-corrected chi connectivity index (χ0v) is 11.9. The maximum absolute atomic E-state index is 11.2. The Labute approximate surface area is 116 Å². The van der Waals surface area contributed by atoms with Crippen LogP contribution in [0.25, 0.3) is 0 Å². The van der Waals surface area contributed by atoms with E-state index in [4.69, 9.17) is 0 Å². The normalized spacial score (nSPS) is 36.4. The summed E-state index contributed by atoms with van der Waals surface area (Å²) in [6.07, 6.45) is 11.2. The van der Waals surface area contributed by atoms with Crippen molar-refractivity contribution in [3.05, 3.63) is 0 Å². The van der Waals surface area contributed by atoms with E-state index in [1.807, 2.05) is 0 Å². The average molecular weight is 262 g/mol. The van der Waals surface area contributed by atoms with Crippen molar-refractivity contribution >= 4 is 0 Å². The van der Waals surface area contributed by atoms with E-state index in [1.165, 1.54) is 32.1 Å². The molecule has 3 heteroatoms. The Morgan fingerprint density at radius 2 is 1.63 bits per heavy atom. The van der Waals surface area contributed by atoms with Gasteiger partial charge >= 0.3 is 0 Å². The van der Waals surface area contributed by atoms with Crippen LogP contribution in [0.4, 0.5) is 0 Å². The zero-order valence-electron chi connectivity index (χ0n) is 11.9. The first-order valence-corrected chi connectivity index (χ1v) is 8.07. The lowest BCUT2D eigenvalue weighted by Crippen LogP contribution is -2.50. The molecule has 19 heavy (non-hydrogen) atoms. The second-order valence-electron chi connectivity index (χ2n) is 6.94. The number of nitriles is 1. The summed E-state index contributed by atoms with van der Waals surface area (Å²) in [6.45, 7) is 1.73. The molecule has 1 heterocycles. The third kappa shape index (κ3) is 2.41. The maximum Gasteiger partial charge on any atom is 0.0971 e. The van der Waals surface area contributed by atoms with Crippen molar-refractivity contribution < 1.29 is 5.11 Å². The van der Waals surface area contributed by atoms with Crippen LogP contribution in [0.1, 0.15) is 64.2 Å². The summed E-state index contributed by atoms with van der Waals surface area (Å²) < 4.78 is 0. The molecular weight excluding hydrogens is 236 g/mol. The number of hydrogen-bond acceptors (Lipinski definition) is 3. The molecular formula is C16H26N2O. The van der Waals surface area contributed by atoms with Crippen LogP contribution in [0.5, 0.6) is 0 Å². The highest BCUT2D eigenvalue weighted by molar-refractivity contribution is 5.15. The Balaban J connectivity index is 1.77. The minimum Gasteiger partial charge on any atom is -0.387 e. The molecule has 1 unspecified atom stereocenters. The number of nitrogens with zero attached hydrogens (tertiary/aromatic N) is 2. The third-order valence-corrected chi connectivity index (χ3v) is 5.65. The van der Waals surface area contributed by atoms with Crippen LogP contribution >= 0.6 is 0 Å². The van der Waals surface area contributed by atoms with E-state index in [9.17, 15) is 10.4 Å². The van der Waals surface area contributed by atoms with E-state index >= 15 is 0 Å². The van der Waals surface area contributed by atoms with Crippen molar-refractivity contribution in [3.63, 3.8) is 0 Å². The monoisotopic (exact) mass is 262 g/mol. The molecule has 3 rings (SSSR count). The number of likely N-dealkylation sites (tertiary alicyclic amines) is 1. The van der Waals surface area contributed by atoms with Gasteiger partial charge in [0.2, 0.25) is 0 Å². The van der Waals surface area contributed by atoms with Gasteiger partial charge in [-0.3, -0.25) is 4.90 Å². The number of hydrogen-bond donors (Lipinski definition) is 1. The van der Waals surface area contributed by atoms with E-state index in [0.29, 0.717) is 6.04 Å². The molecule has 2 saturated carbocycles. The minimum absolute atomic E-state index is 0.475. The van der Waals surface area contributed by atoms with Gasteiger partial charge in [0.1, 0.15) is 0 Å². The highest BCUT2D eigenvalue weighted by Crippen LogP contribution is 2.48. The summed E-state index contributed by atoms with van der Waals surface area (Å²) in [5.41, 5.74) is -1.22. The lowest BCUT2D eigenvalue weighted by Gasteiger charge is -2.41.